The molecule has 4 aromatic rings. The molecule has 1 aromatic heterocycles. The molecule has 0 bridgehead atoms. The Hall–Kier alpha value is -4.00. The quantitative estimate of drug-likeness (QED) is 0.342. The Balaban J connectivity index is 1.56. The van der Waals surface area contributed by atoms with Crippen molar-refractivity contribution >= 4 is 51.7 Å². The van der Waals surface area contributed by atoms with Crippen LogP contribution in [-0.2, 0) is 6.54 Å². The Morgan fingerprint density at radius 1 is 1.06 bits per heavy atom. The summed E-state index contributed by atoms with van der Waals surface area (Å²) < 4.78 is 0. The summed E-state index contributed by atoms with van der Waals surface area (Å²) in [6.45, 7) is 4.00. The van der Waals surface area contributed by atoms with Crippen molar-refractivity contribution in [1.29, 1.82) is 0 Å². The first-order valence-corrected chi connectivity index (χ1v) is 12.1. The summed E-state index contributed by atoms with van der Waals surface area (Å²) in [5, 5.41) is 14.0. The van der Waals surface area contributed by atoms with Gasteiger partial charge in [-0.3, -0.25) is 9.69 Å². The molecule has 7 heteroatoms. The van der Waals surface area contributed by atoms with Crippen LogP contribution >= 0.6 is 11.6 Å². The second kappa shape index (κ2) is 9.93. The molecule has 0 aliphatic carbocycles. The second-order valence-corrected chi connectivity index (χ2v) is 9.08. The van der Waals surface area contributed by atoms with E-state index in [1.165, 1.54) is 0 Å². The molecule has 1 aliphatic rings. The van der Waals surface area contributed by atoms with Crippen molar-refractivity contribution in [2.24, 2.45) is 0 Å². The highest BCUT2D eigenvalue weighted by Crippen LogP contribution is 2.34. The fourth-order valence-corrected chi connectivity index (χ4v) is 4.82. The summed E-state index contributed by atoms with van der Waals surface area (Å²) in [4.78, 5) is 32.1. The van der Waals surface area contributed by atoms with Gasteiger partial charge in [-0.2, -0.15) is 0 Å². The molecule has 0 unspecified atom stereocenters. The highest BCUT2D eigenvalue weighted by atomic mass is 35.5. The molecular formula is C29H24ClN3O3. The van der Waals surface area contributed by atoms with Crippen LogP contribution in [0.2, 0.25) is 5.02 Å². The monoisotopic (exact) mass is 497 g/mol. The fourth-order valence-electron chi connectivity index (χ4n) is 4.60. The minimum atomic E-state index is -0.952. The number of aromatic carboxylic acids is 1. The van der Waals surface area contributed by atoms with E-state index in [-0.39, 0.29) is 5.91 Å². The Morgan fingerprint density at radius 2 is 1.83 bits per heavy atom. The molecule has 3 aromatic carbocycles. The normalized spacial score (nSPS) is 14.6. The van der Waals surface area contributed by atoms with E-state index in [1.54, 1.807) is 24.3 Å². The molecular weight excluding hydrogens is 474 g/mol. The summed E-state index contributed by atoms with van der Waals surface area (Å²) in [7, 11) is 0. The Kier molecular flexibility index (Phi) is 6.55. The topological polar surface area (TPSA) is 82.5 Å². The van der Waals surface area contributed by atoms with E-state index < -0.39 is 5.97 Å². The first kappa shape index (κ1) is 23.7. The minimum Gasteiger partial charge on any atom is -0.478 e. The summed E-state index contributed by atoms with van der Waals surface area (Å²) in [6.07, 6.45) is 2.01. The zero-order valence-electron chi connectivity index (χ0n) is 19.7. The van der Waals surface area contributed by atoms with Gasteiger partial charge in [0.05, 0.1) is 27.4 Å². The maximum atomic E-state index is 12.7. The zero-order chi connectivity index (χ0) is 25.2. The third-order valence-corrected chi connectivity index (χ3v) is 6.67. The van der Waals surface area contributed by atoms with Gasteiger partial charge in [0.2, 0.25) is 0 Å². The maximum absolute atomic E-state index is 12.7. The highest BCUT2D eigenvalue weighted by molar-refractivity contribution is 6.34. The Morgan fingerprint density at radius 3 is 2.61 bits per heavy atom. The first-order chi connectivity index (χ1) is 17.4. The zero-order valence-corrected chi connectivity index (χ0v) is 20.4. The predicted octanol–water partition coefficient (Wildman–Crippen LogP) is 6.21. The predicted molar refractivity (Wildman–Crippen MR) is 143 cm³/mol. The average molecular weight is 498 g/mol. The molecule has 0 atom stereocenters. The van der Waals surface area contributed by atoms with Crippen molar-refractivity contribution in [3.8, 4) is 0 Å². The van der Waals surface area contributed by atoms with Gasteiger partial charge in [-0.05, 0) is 54.1 Å². The summed E-state index contributed by atoms with van der Waals surface area (Å²) in [5.74, 6) is -1.24. The molecule has 1 aliphatic heterocycles. The summed E-state index contributed by atoms with van der Waals surface area (Å²) in [6, 6.07) is 21.8. The largest absolute Gasteiger partial charge is 0.478 e. The lowest BCUT2D eigenvalue weighted by Crippen LogP contribution is -2.31. The number of halogens is 1. The Labute approximate surface area is 213 Å². The van der Waals surface area contributed by atoms with E-state index in [0.29, 0.717) is 51.5 Å². The van der Waals surface area contributed by atoms with Gasteiger partial charge in [-0.1, -0.05) is 61.0 Å². The van der Waals surface area contributed by atoms with Crippen molar-refractivity contribution in [3.63, 3.8) is 0 Å². The van der Waals surface area contributed by atoms with E-state index in [9.17, 15) is 14.7 Å². The number of amides is 1. The van der Waals surface area contributed by atoms with Crippen LogP contribution in [0.25, 0.3) is 22.6 Å². The standard InChI is InChI=1S/C29H24ClN3O3/c1-2-33-16-19(27-23(17-33)26(29(35)36)22-11-4-6-13-25(22)32-27)14-18-8-7-9-20(15-18)31-28(34)21-10-3-5-12-24(21)30/h3-15H,2,16-17H2,1H3,(H,31,34)(H,35,36)/b19-14+. The number of fused-ring (bicyclic) bond motifs is 2. The SMILES string of the molecule is CCN1C/C(=C\c2cccc(NC(=O)c3ccccc3Cl)c2)c2nc3ccccc3c(C(=O)O)c2C1. The number of carbonyl (C=O) groups excluding carboxylic acids is 1. The number of para-hydroxylation sites is 1. The third-order valence-electron chi connectivity index (χ3n) is 6.34. The number of nitrogens with one attached hydrogen (secondary N) is 1. The lowest BCUT2D eigenvalue weighted by atomic mass is 9.92. The third kappa shape index (κ3) is 4.61. The van der Waals surface area contributed by atoms with Crippen LogP contribution in [0.4, 0.5) is 5.69 Å². The van der Waals surface area contributed by atoms with Gasteiger partial charge in [0.15, 0.2) is 0 Å². The van der Waals surface area contributed by atoms with Gasteiger partial charge in [0, 0.05) is 29.7 Å². The molecule has 0 saturated heterocycles. The first-order valence-electron chi connectivity index (χ1n) is 11.7. The number of carboxylic acid groups (broad SMARTS) is 1. The molecule has 180 valence electrons. The lowest BCUT2D eigenvalue weighted by Gasteiger charge is -2.30. The number of hydrogen-bond donors (Lipinski definition) is 2. The summed E-state index contributed by atoms with van der Waals surface area (Å²) >= 11 is 6.17. The molecule has 1 amide bonds. The number of nitrogens with zero attached hydrogens (tertiary/aromatic N) is 2. The van der Waals surface area contributed by atoms with E-state index in [0.717, 1.165) is 23.2 Å². The molecule has 2 N–H and O–H groups in total. The van der Waals surface area contributed by atoms with E-state index >= 15 is 0 Å². The number of likely N-dealkylation sites (N-methyl/N-ethyl adjacent to an activating group) is 1. The van der Waals surface area contributed by atoms with Crippen molar-refractivity contribution in [3.05, 3.63) is 106 Å². The molecule has 2 heterocycles. The molecule has 0 spiro atoms. The molecule has 5 rings (SSSR count). The van der Waals surface area contributed by atoms with Crippen molar-refractivity contribution in [2.45, 2.75) is 13.5 Å². The van der Waals surface area contributed by atoms with Crippen LogP contribution < -0.4 is 5.32 Å². The summed E-state index contributed by atoms with van der Waals surface area (Å²) in [5.41, 5.74) is 5.24. The van der Waals surface area contributed by atoms with Gasteiger partial charge >= 0.3 is 5.97 Å². The van der Waals surface area contributed by atoms with Gasteiger partial charge in [-0.15, -0.1) is 0 Å². The lowest BCUT2D eigenvalue weighted by molar-refractivity contribution is 0.0696. The van der Waals surface area contributed by atoms with Crippen LogP contribution in [0.15, 0.2) is 72.8 Å². The van der Waals surface area contributed by atoms with Crippen LogP contribution in [0.3, 0.4) is 0 Å². The molecule has 0 fully saturated rings. The van der Waals surface area contributed by atoms with Gasteiger partial charge in [0.25, 0.3) is 5.91 Å². The number of hydrogen-bond acceptors (Lipinski definition) is 4. The van der Waals surface area contributed by atoms with E-state index in [1.807, 2.05) is 54.6 Å². The van der Waals surface area contributed by atoms with Crippen LogP contribution in [0.1, 0.15) is 44.5 Å². The number of rotatable bonds is 5. The minimum absolute atomic E-state index is 0.287. The Bertz CT molecular complexity index is 1530. The van der Waals surface area contributed by atoms with Crippen molar-refractivity contribution < 1.29 is 14.7 Å². The number of aromatic nitrogens is 1. The molecule has 0 saturated carbocycles. The molecule has 0 radical (unpaired) electrons. The number of carboxylic acids is 1. The van der Waals surface area contributed by atoms with Gasteiger partial charge < -0.3 is 10.4 Å². The van der Waals surface area contributed by atoms with E-state index in [4.69, 9.17) is 16.6 Å². The van der Waals surface area contributed by atoms with Gasteiger partial charge in [0.1, 0.15) is 0 Å². The van der Waals surface area contributed by atoms with Crippen LogP contribution in [-0.4, -0.2) is 40.0 Å². The average Bonchev–Trinajstić information content (AvgIpc) is 2.87. The number of benzene rings is 3. The van der Waals surface area contributed by atoms with Crippen LogP contribution in [0, 0.1) is 0 Å². The number of anilines is 1. The van der Waals surface area contributed by atoms with Crippen LogP contribution in [0.5, 0.6) is 0 Å². The molecule has 6 nitrogen and oxygen atoms in total. The van der Waals surface area contributed by atoms with E-state index in [2.05, 4.69) is 17.1 Å². The highest BCUT2D eigenvalue weighted by Gasteiger charge is 2.27. The van der Waals surface area contributed by atoms with Crippen molar-refractivity contribution in [2.75, 3.05) is 18.4 Å². The number of carbonyl (C=O) groups is 2. The van der Waals surface area contributed by atoms with Crippen molar-refractivity contribution in [1.82, 2.24) is 9.88 Å². The maximum Gasteiger partial charge on any atom is 0.336 e. The second-order valence-electron chi connectivity index (χ2n) is 8.67. The van der Waals surface area contributed by atoms with Gasteiger partial charge in [-0.25, -0.2) is 9.78 Å². The number of pyridine rings is 1. The smallest absolute Gasteiger partial charge is 0.336 e. The fraction of sp³-hybridized carbons (Fsp3) is 0.138. The molecule has 36 heavy (non-hydrogen) atoms.